The third-order valence-corrected chi connectivity index (χ3v) is 3.07. The van der Waals surface area contributed by atoms with Gasteiger partial charge in [-0.1, -0.05) is 56.2 Å². The van der Waals surface area contributed by atoms with Crippen LogP contribution in [-0.2, 0) is 4.74 Å². The Hall–Kier alpha value is -1.08. The maximum atomic E-state index is 5.68. The normalized spacial score (nSPS) is 24.5. The fourth-order valence-electron chi connectivity index (χ4n) is 2.06. The maximum absolute atomic E-state index is 5.68. The van der Waals surface area contributed by atoms with Gasteiger partial charge in [0.1, 0.15) is 6.10 Å². The lowest BCUT2D eigenvalue weighted by molar-refractivity contribution is 0.371. The SMILES string of the molecule is CCCC[C@H]1O[C@@H]1/C(C)=C/c1ccccc1. The first kappa shape index (κ1) is 11.4. The van der Waals surface area contributed by atoms with Gasteiger partial charge in [0, 0.05) is 0 Å². The van der Waals surface area contributed by atoms with E-state index in [-0.39, 0.29) is 0 Å². The Morgan fingerprint density at radius 3 is 2.75 bits per heavy atom. The summed E-state index contributed by atoms with van der Waals surface area (Å²) in [6.45, 7) is 4.40. The minimum atomic E-state index is 0.381. The first-order chi connectivity index (χ1) is 7.81. The molecule has 1 nitrogen and oxygen atoms in total. The first-order valence-corrected chi connectivity index (χ1v) is 6.20. The van der Waals surface area contributed by atoms with Crippen LogP contribution in [0.1, 0.15) is 38.7 Å². The van der Waals surface area contributed by atoms with Gasteiger partial charge in [0.2, 0.25) is 0 Å². The molecule has 1 aromatic carbocycles. The number of hydrogen-bond donors (Lipinski definition) is 0. The molecule has 0 aliphatic carbocycles. The van der Waals surface area contributed by atoms with Crippen LogP contribution in [0.2, 0.25) is 0 Å². The van der Waals surface area contributed by atoms with Crippen molar-refractivity contribution >= 4 is 6.08 Å². The lowest BCUT2D eigenvalue weighted by atomic mass is 10.1. The van der Waals surface area contributed by atoms with E-state index < -0.39 is 0 Å². The second-order valence-corrected chi connectivity index (χ2v) is 4.54. The highest BCUT2D eigenvalue weighted by atomic mass is 16.6. The Morgan fingerprint density at radius 1 is 1.31 bits per heavy atom. The van der Waals surface area contributed by atoms with Crippen molar-refractivity contribution in [1.29, 1.82) is 0 Å². The Kier molecular flexibility index (Phi) is 3.79. The zero-order valence-electron chi connectivity index (χ0n) is 10.1. The fraction of sp³-hybridized carbons (Fsp3) is 0.467. The van der Waals surface area contributed by atoms with E-state index in [9.17, 15) is 0 Å². The molecule has 1 aliphatic heterocycles. The highest BCUT2D eigenvalue weighted by molar-refractivity contribution is 5.54. The third-order valence-electron chi connectivity index (χ3n) is 3.07. The molecule has 1 aliphatic rings. The van der Waals surface area contributed by atoms with Gasteiger partial charge >= 0.3 is 0 Å². The van der Waals surface area contributed by atoms with Crippen molar-refractivity contribution < 1.29 is 4.74 Å². The van der Waals surface area contributed by atoms with E-state index in [1.54, 1.807) is 0 Å². The Balaban J connectivity index is 1.90. The monoisotopic (exact) mass is 216 g/mol. The number of epoxide rings is 1. The molecule has 2 atom stereocenters. The summed E-state index contributed by atoms with van der Waals surface area (Å²) in [6, 6.07) is 10.5. The zero-order valence-corrected chi connectivity index (χ0v) is 10.1. The summed E-state index contributed by atoms with van der Waals surface area (Å²) in [5.41, 5.74) is 2.62. The van der Waals surface area contributed by atoms with Crippen LogP contribution in [0.3, 0.4) is 0 Å². The zero-order chi connectivity index (χ0) is 11.4. The van der Waals surface area contributed by atoms with E-state index in [0.29, 0.717) is 12.2 Å². The van der Waals surface area contributed by atoms with E-state index in [0.717, 1.165) is 0 Å². The van der Waals surface area contributed by atoms with Gasteiger partial charge < -0.3 is 4.74 Å². The van der Waals surface area contributed by atoms with E-state index in [1.165, 1.54) is 30.4 Å². The number of ether oxygens (including phenoxy) is 1. The Bertz CT molecular complexity index is 353. The van der Waals surface area contributed by atoms with Crippen LogP contribution in [0.25, 0.3) is 6.08 Å². The van der Waals surface area contributed by atoms with Crippen molar-refractivity contribution in [2.75, 3.05) is 0 Å². The average Bonchev–Trinajstić information content (AvgIpc) is 3.07. The minimum Gasteiger partial charge on any atom is -0.365 e. The molecule has 0 N–H and O–H groups in total. The van der Waals surface area contributed by atoms with Crippen molar-refractivity contribution in [2.45, 2.75) is 45.3 Å². The van der Waals surface area contributed by atoms with Gasteiger partial charge in [0.15, 0.2) is 0 Å². The molecule has 0 unspecified atom stereocenters. The molecule has 0 spiro atoms. The molecule has 0 bridgehead atoms. The van der Waals surface area contributed by atoms with Crippen LogP contribution in [0.4, 0.5) is 0 Å². The molecule has 2 rings (SSSR count). The summed E-state index contributed by atoms with van der Waals surface area (Å²) < 4.78 is 5.68. The number of rotatable bonds is 5. The number of benzene rings is 1. The van der Waals surface area contributed by atoms with E-state index >= 15 is 0 Å². The second-order valence-electron chi connectivity index (χ2n) is 4.54. The molecule has 0 aromatic heterocycles. The maximum Gasteiger partial charge on any atom is 0.105 e. The molecule has 16 heavy (non-hydrogen) atoms. The number of hydrogen-bond acceptors (Lipinski definition) is 1. The van der Waals surface area contributed by atoms with Crippen molar-refractivity contribution in [3.63, 3.8) is 0 Å². The van der Waals surface area contributed by atoms with Gasteiger partial charge in [-0.15, -0.1) is 0 Å². The molecular formula is C15H20O. The second kappa shape index (κ2) is 5.31. The molecule has 1 heterocycles. The van der Waals surface area contributed by atoms with Gasteiger partial charge in [0.25, 0.3) is 0 Å². The quantitative estimate of drug-likeness (QED) is 0.676. The predicted octanol–water partition coefficient (Wildman–Crippen LogP) is 4.05. The van der Waals surface area contributed by atoms with Crippen molar-refractivity contribution in [2.24, 2.45) is 0 Å². The van der Waals surface area contributed by atoms with Gasteiger partial charge in [-0.05, 0) is 24.5 Å². The highest BCUT2D eigenvalue weighted by Crippen LogP contribution is 2.33. The summed E-state index contributed by atoms with van der Waals surface area (Å²) in [4.78, 5) is 0. The Labute approximate surface area is 98.1 Å². The summed E-state index contributed by atoms with van der Waals surface area (Å²) in [6.07, 6.45) is 6.85. The van der Waals surface area contributed by atoms with Crippen molar-refractivity contribution in [3.8, 4) is 0 Å². The largest absolute Gasteiger partial charge is 0.365 e. The van der Waals surface area contributed by atoms with Crippen LogP contribution in [0, 0.1) is 0 Å². The molecule has 0 radical (unpaired) electrons. The lowest BCUT2D eigenvalue weighted by Crippen LogP contribution is -1.95. The molecular weight excluding hydrogens is 196 g/mol. The standard InChI is InChI=1S/C15H20O/c1-3-4-10-14-15(16-14)12(2)11-13-8-6-5-7-9-13/h5-9,11,14-15H,3-4,10H2,1-2H3/b12-11+/t14-,15-/m1/s1. The highest BCUT2D eigenvalue weighted by Gasteiger charge is 2.38. The minimum absolute atomic E-state index is 0.381. The van der Waals surface area contributed by atoms with E-state index in [4.69, 9.17) is 4.74 Å². The van der Waals surface area contributed by atoms with Crippen LogP contribution >= 0.6 is 0 Å². The van der Waals surface area contributed by atoms with E-state index in [2.05, 4.69) is 44.2 Å². The lowest BCUT2D eigenvalue weighted by Gasteiger charge is -1.97. The smallest absolute Gasteiger partial charge is 0.105 e. The van der Waals surface area contributed by atoms with Crippen LogP contribution < -0.4 is 0 Å². The topological polar surface area (TPSA) is 12.5 Å². The fourth-order valence-corrected chi connectivity index (χ4v) is 2.06. The van der Waals surface area contributed by atoms with E-state index in [1.807, 2.05) is 6.07 Å². The molecule has 0 saturated carbocycles. The van der Waals surface area contributed by atoms with Gasteiger partial charge in [-0.25, -0.2) is 0 Å². The van der Waals surface area contributed by atoms with Crippen LogP contribution in [-0.4, -0.2) is 12.2 Å². The predicted molar refractivity (Wildman–Crippen MR) is 68.3 cm³/mol. The molecule has 1 saturated heterocycles. The van der Waals surface area contributed by atoms with Crippen molar-refractivity contribution in [3.05, 3.63) is 41.5 Å². The summed E-state index contributed by atoms with van der Waals surface area (Å²) in [5.74, 6) is 0. The summed E-state index contributed by atoms with van der Waals surface area (Å²) in [5, 5.41) is 0. The summed E-state index contributed by atoms with van der Waals surface area (Å²) in [7, 11) is 0. The first-order valence-electron chi connectivity index (χ1n) is 6.20. The summed E-state index contributed by atoms with van der Waals surface area (Å²) >= 11 is 0. The molecule has 1 fully saturated rings. The molecule has 1 heteroatoms. The third kappa shape index (κ3) is 2.96. The molecule has 1 aromatic rings. The van der Waals surface area contributed by atoms with Gasteiger partial charge in [-0.2, -0.15) is 0 Å². The molecule has 86 valence electrons. The van der Waals surface area contributed by atoms with Crippen LogP contribution in [0.15, 0.2) is 35.9 Å². The number of unbranched alkanes of at least 4 members (excludes halogenated alkanes) is 1. The Morgan fingerprint density at radius 2 is 2.06 bits per heavy atom. The van der Waals surface area contributed by atoms with Crippen LogP contribution in [0.5, 0.6) is 0 Å². The van der Waals surface area contributed by atoms with Crippen molar-refractivity contribution in [1.82, 2.24) is 0 Å². The van der Waals surface area contributed by atoms with Gasteiger partial charge in [-0.3, -0.25) is 0 Å². The average molecular weight is 216 g/mol. The molecule has 0 amide bonds. The van der Waals surface area contributed by atoms with Gasteiger partial charge in [0.05, 0.1) is 6.10 Å².